The zero-order valence-electron chi connectivity index (χ0n) is 14.2. The summed E-state index contributed by atoms with van der Waals surface area (Å²) in [6.45, 7) is 3.80. The molecule has 0 saturated heterocycles. The molecule has 0 heterocycles. The lowest BCUT2D eigenvalue weighted by Gasteiger charge is -2.16. The SMILES string of the molecule is CCc1ccc([C@@H](C)NS(=O)(=O)c2cc(C(=O)OC)ccc2Cl)cc1. The van der Waals surface area contributed by atoms with Gasteiger partial charge in [0, 0.05) is 6.04 Å². The Balaban J connectivity index is 2.30. The third kappa shape index (κ3) is 4.60. The van der Waals surface area contributed by atoms with Gasteiger partial charge in [-0.1, -0.05) is 42.8 Å². The van der Waals surface area contributed by atoms with Gasteiger partial charge in [0.2, 0.25) is 10.0 Å². The van der Waals surface area contributed by atoms with Crippen LogP contribution in [0.4, 0.5) is 0 Å². The van der Waals surface area contributed by atoms with Crippen molar-refractivity contribution in [2.75, 3.05) is 7.11 Å². The molecule has 0 aliphatic heterocycles. The van der Waals surface area contributed by atoms with E-state index in [9.17, 15) is 13.2 Å². The largest absolute Gasteiger partial charge is 0.465 e. The van der Waals surface area contributed by atoms with Gasteiger partial charge in [-0.15, -0.1) is 0 Å². The molecule has 0 unspecified atom stereocenters. The van der Waals surface area contributed by atoms with Gasteiger partial charge in [-0.05, 0) is 42.7 Å². The molecule has 25 heavy (non-hydrogen) atoms. The molecule has 0 aliphatic rings. The highest BCUT2D eigenvalue weighted by Crippen LogP contribution is 2.25. The van der Waals surface area contributed by atoms with E-state index in [1.54, 1.807) is 6.92 Å². The highest BCUT2D eigenvalue weighted by Gasteiger charge is 2.23. The Bertz CT molecular complexity index is 863. The summed E-state index contributed by atoms with van der Waals surface area (Å²) in [5, 5.41) is 0.0358. The Labute approximate surface area is 153 Å². The van der Waals surface area contributed by atoms with E-state index in [2.05, 4.69) is 16.4 Å². The van der Waals surface area contributed by atoms with Crippen molar-refractivity contribution in [3.8, 4) is 0 Å². The first kappa shape index (κ1) is 19.4. The van der Waals surface area contributed by atoms with E-state index in [0.717, 1.165) is 12.0 Å². The number of esters is 1. The van der Waals surface area contributed by atoms with E-state index in [-0.39, 0.29) is 15.5 Å². The van der Waals surface area contributed by atoms with Crippen LogP contribution in [0.15, 0.2) is 47.4 Å². The molecule has 1 N–H and O–H groups in total. The second-order valence-corrected chi connectivity index (χ2v) is 7.66. The van der Waals surface area contributed by atoms with Crippen molar-refractivity contribution in [2.45, 2.75) is 31.2 Å². The molecule has 0 fully saturated rings. The van der Waals surface area contributed by atoms with Crippen LogP contribution in [0, 0.1) is 0 Å². The number of hydrogen-bond donors (Lipinski definition) is 1. The maximum absolute atomic E-state index is 12.7. The van der Waals surface area contributed by atoms with Crippen LogP contribution >= 0.6 is 11.6 Å². The summed E-state index contributed by atoms with van der Waals surface area (Å²) in [6.07, 6.45) is 0.913. The van der Waals surface area contributed by atoms with Gasteiger partial charge in [-0.3, -0.25) is 0 Å². The predicted octanol–water partition coefficient (Wildman–Crippen LogP) is 3.73. The van der Waals surface area contributed by atoms with Crippen molar-refractivity contribution < 1.29 is 17.9 Å². The molecular weight excluding hydrogens is 362 g/mol. The standard InChI is InChI=1S/C18H20ClNO4S/c1-4-13-5-7-14(8-6-13)12(2)20-25(22,23)17-11-15(18(21)24-3)9-10-16(17)19/h5-12,20H,4H2,1-3H3/t12-/m1/s1. The first-order chi connectivity index (χ1) is 11.8. The fourth-order valence-corrected chi connectivity index (χ4v) is 4.12. The zero-order valence-corrected chi connectivity index (χ0v) is 15.8. The van der Waals surface area contributed by atoms with Gasteiger partial charge in [-0.25, -0.2) is 17.9 Å². The van der Waals surface area contributed by atoms with Crippen LogP contribution in [-0.4, -0.2) is 21.5 Å². The van der Waals surface area contributed by atoms with Gasteiger partial charge >= 0.3 is 5.97 Å². The lowest BCUT2D eigenvalue weighted by molar-refractivity contribution is 0.0600. The van der Waals surface area contributed by atoms with Crippen molar-refractivity contribution in [1.29, 1.82) is 0 Å². The number of carbonyl (C=O) groups is 1. The van der Waals surface area contributed by atoms with Gasteiger partial charge in [0.05, 0.1) is 17.7 Å². The molecule has 0 aromatic heterocycles. The number of halogens is 1. The molecule has 0 radical (unpaired) electrons. The normalized spacial score (nSPS) is 12.6. The third-order valence-electron chi connectivity index (χ3n) is 3.86. The first-order valence-corrected chi connectivity index (χ1v) is 9.63. The summed E-state index contributed by atoms with van der Waals surface area (Å²) in [5.74, 6) is -0.628. The number of rotatable bonds is 6. The van der Waals surface area contributed by atoms with E-state index in [1.165, 1.54) is 30.9 Å². The Kier molecular flexibility index (Phi) is 6.21. The molecule has 0 spiro atoms. The topological polar surface area (TPSA) is 72.5 Å². The molecule has 134 valence electrons. The molecule has 7 heteroatoms. The third-order valence-corrected chi connectivity index (χ3v) is 5.88. The highest BCUT2D eigenvalue weighted by atomic mass is 35.5. The number of aryl methyl sites for hydroxylation is 1. The van der Waals surface area contributed by atoms with Crippen LogP contribution < -0.4 is 4.72 Å². The van der Waals surface area contributed by atoms with Crippen molar-refractivity contribution in [3.63, 3.8) is 0 Å². The molecule has 0 amide bonds. The maximum atomic E-state index is 12.7. The van der Waals surface area contributed by atoms with Crippen LogP contribution in [0.1, 0.15) is 41.4 Å². The highest BCUT2D eigenvalue weighted by molar-refractivity contribution is 7.89. The summed E-state index contributed by atoms with van der Waals surface area (Å²) < 4.78 is 32.6. The van der Waals surface area contributed by atoms with Crippen LogP contribution in [0.2, 0.25) is 5.02 Å². The van der Waals surface area contributed by atoms with Crippen LogP contribution in [-0.2, 0) is 21.2 Å². The zero-order chi connectivity index (χ0) is 18.6. The van der Waals surface area contributed by atoms with E-state index in [4.69, 9.17) is 11.6 Å². The number of benzene rings is 2. The molecule has 0 bridgehead atoms. The van der Waals surface area contributed by atoms with Crippen LogP contribution in [0.3, 0.4) is 0 Å². The molecule has 1 atom stereocenters. The van der Waals surface area contributed by atoms with Crippen LogP contribution in [0.25, 0.3) is 0 Å². The molecule has 2 rings (SSSR count). The second kappa shape index (κ2) is 7.99. The minimum Gasteiger partial charge on any atom is -0.465 e. The summed E-state index contributed by atoms with van der Waals surface area (Å²) in [6, 6.07) is 11.2. The lowest BCUT2D eigenvalue weighted by Crippen LogP contribution is -2.27. The number of hydrogen-bond acceptors (Lipinski definition) is 4. The van der Waals surface area contributed by atoms with Gasteiger partial charge in [0.1, 0.15) is 4.90 Å². The Morgan fingerprint density at radius 3 is 2.40 bits per heavy atom. The van der Waals surface area contributed by atoms with Crippen molar-refractivity contribution >= 4 is 27.6 Å². The van der Waals surface area contributed by atoms with Gasteiger partial charge in [-0.2, -0.15) is 0 Å². The first-order valence-electron chi connectivity index (χ1n) is 7.77. The fourth-order valence-electron chi connectivity index (χ4n) is 2.36. The molecule has 2 aromatic carbocycles. The average Bonchev–Trinajstić information content (AvgIpc) is 2.61. The fraction of sp³-hybridized carbons (Fsp3) is 0.278. The minimum atomic E-state index is -3.91. The minimum absolute atomic E-state index is 0.0358. The summed E-state index contributed by atoms with van der Waals surface area (Å²) in [5.41, 5.74) is 2.13. The molecule has 0 aliphatic carbocycles. The lowest BCUT2D eigenvalue weighted by atomic mass is 10.1. The number of carbonyl (C=O) groups excluding carboxylic acids is 1. The van der Waals surface area contributed by atoms with E-state index in [0.29, 0.717) is 0 Å². The smallest absolute Gasteiger partial charge is 0.337 e. The quantitative estimate of drug-likeness (QED) is 0.774. The number of ether oxygens (including phenoxy) is 1. The number of methoxy groups -OCH3 is 1. The Morgan fingerprint density at radius 2 is 1.84 bits per heavy atom. The molecule has 5 nitrogen and oxygen atoms in total. The predicted molar refractivity (Wildman–Crippen MR) is 97.3 cm³/mol. The van der Waals surface area contributed by atoms with Gasteiger partial charge in [0.15, 0.2) is 0 Å². The molecule has 0 saturated carbocycles. The van der Waals surface area contributed by atoms with Crippen molar-refractivity contribution in [1.82, 2.24) is 4.72 Å². The summed E-state index contributed by atoms with van der Waals surface area (Å²) in [7, 11) is -2.68. The van der Waals surface area contributed by atoms with E-state index in [1.807, 2.05) is 24.3 Å². The van der Waals surface area contributed by atoms with Crippen molar-refractivity contribution in [2.24, 2.45) is 0 Å². The summed E-state index contributed by atoms with van der Waals surface area (Å²) in [4.78, 5) is 11.5. The van der Waals surface area contributed by atoms with E-state index < -0.39 is 22.0 Å². The number of nitrogens with one attached hydrogen (secondary N) is 1. The second-order valence-electron chi connectivity index (χ2n) is 5.57. The van der Waals surface area contributed by atoms with Crippen molar-refractivity contribution in [3.05, 3.63) is 64.2 Å². The average molecular weight is 382 g/mol. The Morgan fingerprint density at radius 1 is 1.20 bits per heavy atom. The molecule has 2 aromatic rings. The van der Waals surface area contributed by atoms with Crippen LogP contribution in [0.5, 0.6) is 0 Å². The summed E-state index contributed by atoms with van der Waals surface area (Å²) >= 11 is 6.03. The van der Waals surface area contributed by atoms with E-state index >= 15 is 0 Å². The molecular formula is C18H20ClNO4S. The maximum Gasteiger partial charge on any atom is 0.337 e. The van der Waals surface area contributed by atoms with Gasteiger partial charge < -0.3 is 4.74 Å². The Hall–Kier alpha value is -1.89. The monoisotopic (exact) mass is 381 g/mol. The number of sulfonamides is 1. The van der Waals surface area contributed by atoms with Gasteiger partial charge in [0.25, 0.3) is 0 Å².